The third kappa shape index (κ3) is 3.07. The highest BCUT2D eigenvalue weighted by atomic mass is 14.4. The summed E-state index contributed by atoms with van der Waals surface area (Å²) in [5.41, 5.74) is 7.39. The summed E-state index contributed by atoms with van der Waals surface area (Å²) in [4.78, 5) is 0. The van der Waals surface area contributed by atoms with Crippen molar-refractivity contribution in [1.82, 2.24) is 0 Å². The molecule has 0 heterocycles. The summed E-state index contributed by atoms with van der Waals surface area (Å²) < 4.78 is 0. The molecule has 0 heteroatoms. The van der Waals surface area contributed by atoms with E-state index < -0.39 is 0 Å². The van der Waals surface area contributed by atoms with E-state index in [0.717, 1.165) is 19.3 Å². The minimum absolute atomic E-state index is 0.265. The van der Waals surface area contributed by atoms with Gasteiger partial charge in [-0.25, -0.2) is 0 Å². The first kappa shape index (κ1) is 17.1. The molecule has 120 valence electrons. The van der Waals surface area contributed by atoms with Gasteiger partial charge in [-0.3, -0.25) is 0 Å². The maximum atomic E-state index is 4.48. The molecule has 22 heavy (non-hydrogen) atoms. The zero-order chi connectivity index (χ0) is 16.5. The molecule has 0 saturated carbocycles. The van der Waals surface area contributed by atoms with Crippen LogP contribution in [-0.2, 0) is 0 Å². The van der Waals surface area contributed by atoms with Gasteiger partial charge in [0.2, 0.25) is 0 Å². The molecule has 0 spiro atoms. The first-order chi connectivity index (χ1) is 10.3. The Labute approximate surface area is 137 Å². The van der Waals surface area contributed by atoms with Crippen LogP contribution in [0.25, 0.3) is 0 Å². The van der Waals surface area contributed by atoms with Gasteiger partial charge >= 0.3 is 0 Å². The molecule has 2 aliphatic rings. The van der Waals surface area contributed by atoms with Gasteiger partial charge in [-0.15, -0.1) is 0 Å². The fraction of sp³-hybridized carbons (Fsp3) is 0.545. The second kappa shape index (κ2) is 6.44. The van der Waals surface area contributed by atoms with Crippen LogP contribution in [-0.4, -0.2) is 0 Å². The lowest BCUT2D eigenvalue weighted by Crippen LogP contribution is -2.30. The minimum Gasteiger partial charge on any atom is -0.0998 e. The first-order valence-electron chi connectivity index (χ1n) is 8.71. The summed E-state index contributed by atoms with van der Waals surface area (Å²) in [5.74, 6) is 0.984. The van der Waals surface area contributed by atoms with E-state index in [-0.39, 0.29) is 5.41 Å². The predicted molar refractivity (Wildman–Crippen MR) is 98.8 cm³/mol. The highest BCUT2D eigenvalue weighted by Crippen LogP contribution is 2.47. The molecular weight excluding hydrogens is 264 g/mol. The van der Waals surface area contributed by atoms with Crippen LogP contribution >= 0.6 is 0 Å². The molecular formula is C22H32. The molecule has 0 aromatic carbocycles. The maximum absolute atomic E-state index is 4.48. The van der Waals surface area contributed by atoms with Gasteiger partial charge in [-0.2, -0.15) is 0 Å². The van der Waals surface area contributed by atoms with Gasteiger partial charge in [0.25, 0.3) is 0 Å². The molecule has 0 nitrogen and oxygen atoms in total. The molecule has 0 N–H and O–H groups in total. The number of rotatable bonds is 2. The van der Waals surface area contributed by atoms with E-state index in [9.17, 15) is 0 Å². The average Bonchev–Trinajstić information content (AvgIpc) is 2.51. The van der Waals surface area contributed by atoms with Crippen LogP contribution in [0.3, 0.4) is 0 Å². The van der Waals surface area contributed by atoms with Gasteiger partial charge in [-0.1, -0.05) is 68.9 Å². The second-order valence-corrected chi connectivity index (χ2v) is 7.54. The smallest absolute Gasteiger partial charge is 0.00880 e. The molecule has 2 unspecified atom stereocenters. The number of allylic oxidation sites excluding steroid dienone is 8. The summed E-state index contributed by atoms with van der Waals surface area (Å²) in [6.07, 6.45) is 11.5. The van der Waals surface area contributed by atoms with Gasteiger partial charge in [0.1, 0.15) is 0 Å². The SMILES string of the molecule is C=C1CC/C(C)=C(/C)C(=C)C(C2=CC=C[C@@](C)(CC)C2C)C1. The van der Waals surface area contributed by atoms with Crippen LogP contribution in [0.15, 0.2) is 59.3 Å². The third-order valence-corrected chi connectivity index (χ3v) is 6.31. The Hall–Kier alpha value is -1.30. The van der Waals surface area contributed by atoms with E-state index in [2.05, 4.69) is 66.0 Å². The van der Waals surface area contributed by atoms with Crippen LogP contribution in [0.2, 0.25) is 0 Å². The Balaban J connectivity index is 2.42. The van der Waals surface area contributed by atoms with Crippen molar-refractivity contribution in [3.63, 3.8) is 0 Å². The van der Waals surface area contributed by atoms with E-state index in [1.807, 2.05) is 0 Å². The molecule has 0 fully saturated rings. The Bertz CT molecular complexity index is 567. The number of hydrogen-bond acceptors (Lipinski definition) is 0. The maximum Gasteiger partial charge on any atom is 0.00880 e. The van der Waals surface area contributed by atoms with Crippen molar-refractivity contribution < 1.29 is 0 Å². The van der Waals surface area contributed by atoms with Crippen molar-refractivity contribution in [2.24, 2.45) is 17.3 Å². The van der Waals surface area contributed by atoms with Crippen molar-refractivity contribution in [3.05, 3.63) is 59.3 Å². The normalized spacial score (nSPS) is 36.9. The lowest BCUT2D eigenvalue weighted by molar-refractivity contribution is 0.283. The number of hydrogen-bond donors (Lipinski definition) is 0. The van der Waals surface area contributed by atoms with Gasteiger partial charge in [-0.05, 0) is 62.0 Å². The van der Waals surface area contributed by atoms with E-state index >= 15 is 0 Å². The van der Waals surface area contributed by atoms with Gasteiger partial charge in [0, 0.05) is 5.92 Å². The zero-order valence-electron chi connectivity index (χ0n) is 15.1. The summed E-state index contributed by atoms with van der Waals surface area (Å²) in [6, 6.07) is 0. The van der Waals surface area contributed by atoms with Crippen LogP contribution in [0.1, 0.15) is 60.3 Å². The second-order valence-electron chi connectivity index (χ2n) is 7.54. The molecule has 3 atom stereocenters. The Morgan fingerprint density at radius 2 is 1.91 bits per heavy atom. The molecule has 2 rings (SSSR count). The van der Waals surface area contributed by atoms with Crippen molar-refractivity contribution >= 4 is 0 Å². The van der Waals surface area contributed by atoms with Crippen LogP contribution < -0.4 is 0 Å². The van der Waals surface area contributed by atoms with Gasteiger partial charge in [0.15, 0.2) is 0 Å². The Kier molecular flexibility index (Phi) is 5.00. The first-order valence-corrected chi connectivity index (χ1v) is 8.71. The highest BCUT2D eigenvalue weighted by Gasteiger charge is 2.35. The summed E-state index contributed by atoms with van der Waals surface area (Å²) in [6.45, 7) is 20.4. The molecule has 0 amide bonds. The van der Waals surface area contributed by atoms with E-state index in [4.69, 9.17) is 0 Å². The van der Waals surface area contributed by atoms with Gasteiger partial charge in [0.05, 0.1) is 0 Å². The Morgan fingerprint density at radius 1 is 1.23 bits per heavy atom. The summed E-state index contributed by atoms with van der Waals surface area (Å²) in [5, 5.41) is 0. The summed E-state index contributed by atoms with van der Waals surface area (Å²) >= 11 is 0. The molecule has 0 aromatic heterocycles. The quantitative estimate of drug-likeness (QED) is 0.492. The van der Waals surface area contributed by atoms with Crippen LogP contribution in [0, 0.1) is 17.3 Å². The minimum atomic E-state index is 0.265. The topological polar surface area (TPSA) is 0 Å². The van der Waals surface area contributed by atoms with Gasteiger partial charge < -0.3 is 0 Å². The standard InChI is InChI=1S/C22H32/c1-8-22(7)13-9-10-20(19(22)6)21-14-15(2)11-12-16(3)17(4)18(21)5/h9-10,13,19,21H,2,5,8,11-12,14H2,1,3-4,6-7H3/b17-16-/t19?,21?,22-/m1/s1. The molecule has 0 aromatic rings. The van der Waals surface area contributed by atoms with Crippen LogP contribution in [0.4, 0.5) is 0 Å². The average molecular weight is 296 g/mol. The largest absolute Gasteiger partial charge is 0.0998 e. The lowest BCUT2D eigenvalue weighted by atomic mass is 9.64. The molecule has 0 aliphatic heterocycles. The van der Waals surface area contributed by atoms with E-state index in [1.54, 1.807) is 5.57 Å². The predicted octanol–water partition coefficient (Wildman–Crippen LogP) is 6.78. The van der Waals surface area contributed by atoms with Crippen molar-refractivity contribution in [2.75, 3.05) is 0 Å². The monoisotopic (exact) mass is 296 g/mol. The highest BCUT2D eigenvalue weighted by molar-refractivity contribution is 5.43. The third-order valence-electron chi connectivity index (χ3n) is 6.31. The molecule has 0 bridgehead atoms. The fourth-order valence-corrected chi connectivity index (χ4v) is 3.81. The summed E-state index contributed by atoms with van der Waals surface area (Å²) in [7, 11) is 0. The Morgan fingerprint density at radius 3 is 2.55 bits per heavy atom. The van der Waals surface area contributed by atoms with Crippen molar-refractivity contribution in [1.29, 1.82) is 0 Å². The van der Waals surface area contributed by atoms with E-state index in [0.29, 0.717) is 11.8 Å². The van der Waals surface area contributed by atoms with Crippen LogP contribution in [0.5, 0.6) is 0 Å². The molecule has 0 radical (unpaired) electrons. The lowest BCUT2D eigenvalue weighted by Gasteiger charge is -2.40. The molecule has 2 aliphatic carbocycles. The fourth-order valence-electron chi connectivity index (χ4n) is 3.81. The zero-order valence-corrected chi connectivity index (χ0v) is 15.1. The van der Waals surface area contributed by atoms with Crippen molar-refractivity contribution in [2.45, 2.75) is 60.3 Å². The van der Waals surface area contributed by atoms with E-state index in [1.165, 1.54) is 28.7 Å². The van der Waals surface area contributed by atoms with Crippen molar-refractivity contribution in [3.8, 4) is 0 Å². The molecule has 0 saturated heterocycles.